The van der Waals surface area contributed by atoms with E-state index in [1.54, 1.807) is 0 Å². The Labute approximate surface area is 119 Å². The van der Waals surface area contributed by atoms with Crippen LogP contribution in [0.2, 0.25) is 0 Å². The summed E-state index contributed by atoms with van der Waals surface area (Å²) < 4.78 is 0. The van der Waals surface area contributed by atoms with E-state index in [-0.39, 0.29) is 5.91 Å². The van der Waals surface area contributed by atoms with E-state index in [4.69, 9.17) is 5.73 Å². The highest BCUT2D eigenvalue weighted by Gasteiger charge is 2.25. The van der Waals surface area contributed by atoms with Crippen LogP contribution < -0.4 is 16.4 Å². The Morgan fingerprint density at radius 2 is 2.20 bits per heavy atom. The number of fused-ring (bicyclic) bond motifs is 1. The summed E-state index contributed by atoms with van der Waals surface area (Å²) >= 11 is 0. The summed E-state index contributed by atoms with van der Waals surface area (Å²) in [5.41, 5.74) is 12.2. The average Bonchev–Trinajstić information content (AvgIpc) is 2.99. The first-order valence-corrected chi connectivity index (χ1v) is 7.17. The molecule has 106 valence electrons. The monoisotopic (exact) mass is 271 g/mol. The van der Waals surface area contributed by atoms with Crippen LogP contribution in [-0.4, -0.2) is 25.0 Å². The molecule has 1 aliphatic carbocycles. The fraction of sp³-hybridized carbons (Fsp3) is 0.438. The van der Waals surface area contributed by atoms with Crippen LogP contribution in [0.25, 0.3) is 5.57 Å². The van der Waals surface area contributed by atoms with Crippen LogP contribution in [0.4, 0.5) is 5.69 Å². The van der Waals surface area contributed by atoms with E-state index in [1.165, 1.54) is 16.7 Å². The Morgan fingerprint density at radius 3 is 2.85 bits per heavy atom. The van der Waals surface area contributed by atoms with Crippen molar-refractivity contribution in [1.82, 2.24) is 5.32 Å². The van der Waals surface area contributed by atoms with Crippen LogP contribution in [0.3, 0.4) is 0 Å². The molecule has 1 aromatic carbocycles. The number of carbonyl (C=O) groups excluding carboxylic acids is 1. The van der Waals surface area contributed by atoms with Crippen molar-refractivity contribution in [2.45, 2.75) is 32.7 Å². The van der Waals surface area contributed by atoms with E-state index in [0.717, 1.165) is 37.2 Å². The first-order valence-electron chi connectivity index (χ1n) is 7.17. The standard InChI is InChI=1S/C16H21N3O/c1-9-7-13-12(16(17)20)3-4-14(15(13)10(9)2)19-11-5-6-18-8-11/h3-4,11,18-19H,5-8H2,1-2H3,(H2,17,20). The largest absolute Gasteiger partial charge is 0.380 e. The molecule has 4 nitrogen and oxygen atoms in total. The van der Waals surface area contributed by atoms with Gasteiger partial charge in [0.05, 0.1) is 0 Å². The third kappa shape index (κ3) is 2.10. The van der Waals surface area contributed by atoms with Crippen molar-refractivity contribution in [3.05, 3.63) is 34.4 Å². The number of nitrogens with one attached hydrogen (secondary N) is 2. The van der Waals surface area contributed by atoms with Crippen LogP contribution >= 0.6 is 0 Å². The van der Waals surface area contributed by atoms with Crippen molar-refractivity contribution < 1.29 is 4.79 Å². The molecule has 1 heterocycles. The first-order chi connectivity index (χ1) is 9.58. The second-order valence-electron chi connectivity index (χ2n) is 5.79. The highest BCUT2D eigenvalue weighted by molar-refractivity contribution is 5.99. The second-order valence-corrected chi connectivity index (χ2v) is 5.79. The topological polar surface area (TPSA) is 67.2 Å². The van der Waals surface area contributed by atoms with Gasteiger partial charge < -0.3 is 16.4 Å². The molecule has 1 aliphatic heterocycles. The summed E-state index contributed by atoms with van der Waals surface area (Å²) in [5.74, 6) is -0.335. The van der Waals surface area contributed by atoms with E-state index in [0.29, 0.717) is 11.6 Å². The van der Waals surface area contributed by atoms with Crippen LogP contribution in [0.1, 0.15) is 41.8 Å². The lowest BCUT2D eigenvalue weighted by Gasteiger charge is -2.18. The zero-order valence-corrected chi connectivity index (χ0v) is 12.0. The maximum atomic E-state index is 11.6. The van der Waals surface area contributed by atoms with Crippen LogP contribution in [-0.2, 0) is 6.42 Å². The molecule has 0 saturated carbocycles. The summed E-state index contributed by atoms with van der Waals surface area (Å²) in [5, 5.41) is 6.97. The normalized spacial score (nSPS) is 21.2. The fourth-order valence-electron chi connectivity index (χ4n) is 3.22. The summed E-state index contributed by atoms with van der Waals surface area (Å²) in [6.07, 6.45) is 1.96. The number of carbonyl (C=O) groups is 1. The molecule has 2 aliphatic rings. The number of nitrogens with two attached hydrogens (primary N) is 1. The number of hydrogen-bond acceptors (Lipinski definition) is 3. The van der Waals surface area contributed by atoms with Crippen molar-refractivity contribution in [1.29, 1.82) is 0 Å². The highest BCUT2D eigenvalue weighted by Crippen LogP contribution is 2.39. The lowest BCUT2D eigenvalue weighted by atomic mass is 9.97. The predicted molar refractivity (Wildman–Crippen MR) is 81.8 cm³/mol. The SMILES string of the molecule is CC1=C(C)c2c(NC3CCNC3)ccc(C(N)=O)c2C1. The maximum absolute atomic E-state index is 11.6. The summed E-state index contributed by atoms with van der Waals surface area (Å²) in [7, 11) is 0. The van der Waals surface area contributed by atoms with Gasteiger partial charge >= 0.3 is 0 Å². The minimum absolute atomic E-state index is 0.335. The van der Waals surface area contributed by atoms with E-state index in [2.05, 4.69) is 24.5 Å². The number of primary amides is 1. The van der Waals surface area contributed by atoms with Crippen LogP contribution in [0, 0.1) is 0 Å². The van der Waals surface area contributed by atoms with Crippen LogP contribution in [0.5, 0.6) is 0 Å². The van der Waals surface area contributed by atoms with E-state index in [1.807, 2.05) is 12.1 Å². The molecule has 1 aromatic rings. The third-order valence-electron chi connectivity index (χ3n) is 4.46. The number of rotatable bonds is 3. The molecule has 0 aromatic heterocycles. The van der Waals surface area contributed by atoms with Crippen molar-refractivity contribution in [3.8, 4) is 0 Å². The van der Waals surface area contributed by atoms with Crippen molar-refractivity contribution in [3.63, 3.8) is 0 Å². The molecule has 4 N–H and O–H groups in total. The third-order valence-corrected chi connectivity index (χ3v) is 4.46. The lowest BCUT2D eigenvalue weighted by Crippen LogP contribution is -2.23. The smallest absolute Gasteiger partial charge is 0.249 e. The molecular weight excluding hydrogens is 250 g/mol. The molecule has 0 spiro atoms. The summed E-state index contributed by atoms with van der Waals surface area (Å²) in [6.45, 7) is 6.31. The van der Waals surface area contributed by atoms with Crippen molar-refractivity contribution in [2.24, 2.45) is 5.73 Å². The van der Waals surface area contributed by atoms with Gasteiger partial charge in [0.15, 0.2) is 0 Å². The molecule has 0 bridgehead atoms. The Bertz CT molecular complexity index is 598. The molecule has 1 atom stereocenters. The van der Waals surface area contributed by atoms with Gasteiger partial charge in [0.2, 0.25) is 5.91 Å². The minimum Gasteiger partial charge on any atom is -0.380 e. The van der Waals surface area contributed by atoms with Gasteiger partial charge in [0.25, 0.3) is 0 Å². The van der Waals surface area contributed by atoms with Crippen molar-refractivity contribution >= 4 is 17.2 Å². The molecule has 4 heteroatoms. The van der Waals surface area contributed by atoms with Gasteiger partial charge in [-0.1, -0.05) is 5.57 Å². The molecular formula is C16H21N3O. The van der Waals surface area contributed by atoms with Crippen LogP contribution in [0.15, 0.2) is 17.7 Å². The second kappa shape index (κ2) is 4.94. The van der Waals surface area contributed by atoms with Gasteiger partial charge in [-0.2, -0.15) is 0 Å². The number of allylic oxidation sites excluding steroid dienone is 2. The van der Waals surface area contributed by atoms with Gasteiger partial charge in [-0.3, -0.25) is 4.79 Å². The number of hydrogen-bond donors (Lipinski definition) is 3. The Hall–Kier alpha value is -1.81. The molecule has 20 heavy (non-hydrogen) atoms. The molecule has 1 amide bonds. The Morgan fingerprint density at radius 1 is 1.40 bits per heavy atom. The Balaban J connectivity index is 2.03. The van der Waals surface area contributed by atoms with E-state index < -0.39 is 0 Å². The molecule has 0 radical (unpaired) electrons. The maximum Gasteiger partial charge on any atom is 0.249 e. The lowest BCUT2D eigenvalue weighted by molar-refractivity contribution is 0.0999. The average molecular weight is 271 g/mol. The molecule has 1 saturated heterocycles. The Kier molecular flexibility index (Phi) is 3.26. The van der Waals surface area contributed by atoms with Gasteiger partial charge in [-0.15, -0.1) is 0 Å². The number of amides is 1. The van der Waals surface area contributed by atoms with Gasteiger partial charge in [-0.25, -0.2) is 0 Å². The van der Waals surface area contributed by atoms with Gasteiger partial charge in [0.1, 0.15) is 0 Å². The molecule has 1 fully saturated rings. The van der Waals surface area contributed by atoms with E-state index >= 15 is 0 Å². The van der Waals surface area contributed by atoms with Gasteiger partial charge in [0, 0.05) is 29.4 Å². The quantitative estimate of drug-likeness (QED) is 0.786. The summed E-state index contributed by atoms with van der Waals surface area (Å²) in [6, 6.07) is 4.32. The molecule has 1 unspecified atom stereocenters. The van der Waals surface area contributed by atoms with E-state index in [9.17, 15) is 4.79 Å². The number of anilines is 1. The van der Waals surface area contributed by atoms with Gasteiger partial charge in [-0.05, 0) is 56.5 Å². The summed E-state index contributed by atoms with van der Waals surface area (Å²) in [4.78, 5) is 11.6. The predicted octanol–water partition coefficient (Wildman–Crippen LogP) is 1.91. The minimum atomic E-state index is -0.335. The van der Waals surface area contributed by atoms with Crippen molar-refractivity contribution in [2.75, 3.05) is 18.4 Å². The number of benzene rings is 1. The molecule has 3 rings (SSSR count). The first kappa shape index (κ1) is 13.2. The highest BCUT2D eigenvalue weighted by atomic mass is 16.1. The fourth-order valence-corrected chi connectivity index (χ4v) is 3.22. The zero-order chi connectivity index (χ0) is 14.3. The zero-order valence-electron chi connectivity index (χ0n) is 12.0.